The second-order valence-corrected chi connectivity index (χ2v) is 7.05. The number of amides is 2. The zero-order valence-electron chi connectivity index (χ0n) is 13.4. The molecule has 2 atom stereocenters. The van der Waals surface area contributed by atoms with Gasteiger partial charge in [-0.2, -0.15) is 0 Å². The lowest BCUT2D eigenvalue weighted by atomic mass is 9.85. The van der Waals surface area contributed by atoms with Crippen LogP contribution in [0.25, 0.3) is 0 Å². The number of carbonyl (C=O) groups is 3. The summed E-state index contributed by atoms with van der Waals surface area (Å²) in [5.74, 6) is -0.151. The van der Waals surface area contributed by atoms with Gasteiger partial charge >= 0.3 is 12.2 Å². The number of ether oxygens (including phenoxy) is 2. The fourth-order valence-electron chi connectivity index (χ4n) is 1.73. The van der Waals surface area contributed by atoms with Crippen LogP contribution in [0.1, 0.15) is 48.0 Å². The van der Waals surface area contributed by atoms with Crippen molar-refractivity contribution >= 4 is 18.0 Å². The first-order chi connectivity index (χ1) is 9.37. The molecule has 0 aromatic rings. The SMILES string of the molecule is CC(C)(C)OC(=O)N[C@@H]1C(=O)C[C@H]1NC(=O)OC(C)(C)C. The van der Waals surface area contributed by atoms with Gasteiger partial charge in [0.25, 0.3) is 0 Å². The summed E-state index contributed by atoms with van der Waals surface area (Å²) in [5, 5.41) is 5.03. The molecular weight excluding hydrogens is 276 g/mol. The summed E-state index contributed by atoms with van der Waals surface area (Å²) in [4.78, 5) is 34.8. The van der Waals surface area contributed by atoms with Crippen LogP contribution >= 0.6 is 0 Å². The Hall–Kier alpha value is -1.79. The van der Waals surface area contributed by atoms with Gasteiger partial charge < -0.3 is 20.1 Å². The van der Waals surface area contributed by atoms with Crippen molar-refractivity contribution in [1.82, 2.24) is 10.6 Å². The lowest BCUT2D eigenvalue weighted by molar-refractivity contribution is -0.128. The van der Waals surface area contributed by atoms with E-state index in [0.717, 1.165) is 0 Å². The minimum atomic E-state index is -0.771. The Balaban J connectivity index is 2.49. The average Bonchev–Trinajstić information content (AvgIpc) is 2.20. The van der Waals surface area contributed by atoms with Crippen molar-refractivity contribution < 1.29 is 23.9 Å². The molecule has 0 heterocycles. The van der Waals surface area contributed by atoms with Crippen LogP contribution in [0.4, 0.5) is 9.59 Å². The average molecular weight is 300 g/mol. The number of Topliss-reactive ketones (excluding diaryl/α,β-unsaturated/α-hetero) is 1. The Morgan fingerprint density at radius 3 is 1.76 bits per heavy atom. The minimum absolute atomic E-state index is 0.151. The zero-order chi connectivity index (χ0) is 16.4. The maximum atomic E-state index is 11.6. The van der Waals surface area contributed by atoms with Gasteiger partial charge in [-0.1, -0.05) is 0 Å². The molecule has 0 radical (unpaired) electrons. The molecule has 7 heteroatoms. The lowest BCUT2D eigenvalue weighted by Gasteiger charge is -2.36. The predicted molar refractivity (Wildman–Crippen MR) is 75.9 cm³/mol. The fraction of sp³-hybridized carbons (Fsp3) is 0.786. The van der Waals surface area contributed by atoms with E-state index in [1.54, 1.807) is 41.5 Å². The van der Waals surface area contributed by atoms with Gasteiger partial charge in [-0.3, -0.25) is 4.79 Å². The summed E-state index contributed by atoms with van der Waals surface area (Å²) in [7, 11) is 0. The second-order valence-electron chi connectivity index (χ2n) is 7.05. The summed E-state index contributed by atoms with van der Waals surface area (Å²) < 4.78 is 10.2. The third-order valence-electron chi connectivity index (χ3n) is 2.54. The van der Waals surface area contributed by atoms with Crippen LogP contribution in [-0.2, 0) is 14.3 Å². The van der Waals surface area contributed by atoms with Gasteiger partial charge in [0.1, 0.15) is 17.2 Å². The number of ketones is 1. The van der Waals surface area contributed by atoms with Gasteiger partial charge in [0, 0.05) is 6.42 Å². The summed E-state index contributed by atoms with van der Waals surface area (Å²) in [5.41, 5.74) is -1.27. The first kappa shape index (κ1) is 17.3. The van der Waals surface area contributed by atoms with Gasteiger partial charge in [0.05, 0.1) is 6.04 Å². The normalized spacial score (nSPS) is 22.1. The van der Waals surface area contributed by atoms with Gasteiger partial charge in [-0.25, -0.2) is 9.59 Å². The molecule has 0 spiro atoms. The number of alkyl carbamates (subject to hydrolysis) is 2. The molecule has 120 valence electrons. The molecule has 2 amide bonds. The Morgan fingerprint density at radius 1 is 0.952 bits per heavy atom. The van der Waals surface area contributed by atoms with Crippen LogP contribution in [0.5, 0.6) is 0 Å². The first-order valence-corrected chi connectivity index (χ1v) is 6.89. The van der Waals surface area contributed by atoms with E-state index in [2.05, 4.69) is 10.6 Å². The van der Waals surface area contributed by atoms with E-state index in [1.165, 1.54) is 0 Å². The van der Waals surface area contributed by atoms with Crippen LogP contribution in [0.2, 0.25) is 0 Å². The largest absolute Gasteiger partial charge is 0.444 e. The van der Waals surface area contributed by atoms with Crippen molar-refractivity contribution in [2.45, 2.75) is 71.2 Å². The van der Waals surface area contributed by atoms with E-state index in [9.17, 15) is 14.4 Å². The number of hydrogen-bond acceptors (Lipinski definition) is 5. The highest BCUT2D eigenvalue weighted by molar-refractivity contribution is 5.95. The molecule has 0 aliphatic heterocycles. The van der Waals surface area contributed by atoms with Gasteiger partial charge in [-0.05, 0) is 41.5 Å². The van der Waals surface area contributed by atoms with Crippen molar-refractivity contribution in [3.8, 4) is 0 Å². The molecule has 21 heavy (non-hydrogen) atoms. The zero-order valence-corrected chi connectivity index (χ0v) is 13.4. The number of nitrogens with one attached hydrogen (secondary N) is 2. The van der Waals surface area contributed by atoms with Crippen LogP contribution in [-0.4, -0.2) is 41.3 Å². The Kier molecular flexibility index (Phi) is 4.86. The molecule has 0 aromatic heterocycles. The van der Waals surface area contributed by atoms with Crippen molar-refractivity contribution in [3.63, 3.8) is 0 Å². The van der Waals surface area contributed by atoms with Gasteiger partial charge in [0.15, 0.2) is 5.78 Å². The number of carbonyl (C=O) groups excluding carboxylic acids is 3. The highest BCUT2D eigenvalue weighted by Gasteiger charge is 2.43. The molecule has 0 saturated heterocycles. The van der Waals surface area contributed by atoms with E-state index >= 15 is 0 Å². The van der Waals surface area contributed by atoms with Crippen LogP contribution in [0.3, 0.4) is 0 Å². The number of rotatable bonds is 2. The lowest BCUT2D eigenvalue weighted by Crippen LogP contribution is -2.64. The quantitative estimate of drug-likeness (QED) is 0.810. The molecule has 0 bridgehead atoms. The van der Waals surface area contributed by atoms with Crippen LogP contribution in [0, 0.1) is 0 Å². The standard InChI is InChI=1S/C14H24N2O5/c1-13(2,3)20-11(18)15-8-7-9(17)10(8)16-12(19)21-14(4,5)6/h8,10H,7H2,1-6H3,(H,15,18)(H,16,19)/t8-,10+/m1/s1. The van der Waals surface area contributed by atoms with Crippen molar-refractivity contribution in [1.29, 1.82) is 0 Å². The Bertz CT molecular complexity index is 434. The molecular formula is C14H24N2O5. The fourth-order valence-corrected chi connectivity index (χ4v) is 1.73. The highest BCUT2D eigenvalue weighted by atomic mass is 16.6. The van der Waals surface area contributed by atoms with Crippen molar-refractivity contribution in [3.05, 3.63) is 0 Å². The predicted octanol–water partition coefficient (Wildman–Crippen LogP) is 1.75. The molecule has 1 saturated carbocycles. The third-order valence-corrected chi connectivity index (χ3v) is 2.54. The van der Waals surface area contributed by atoms with E-state index < -0.39 is 35.5 Å². The van der Waals surface area contributed by atoms with Crippen LogP contribution in [0.15, 0.2) is 0 Å². The molecule has 7 nitrogen and oxygen atoms in total. The van der Waals surface area contributed by atoms with Gasteiger partial charge in [-0.15, -0.1) is 0 Å². The molecule has 0 unspecified atom stereocenters. The first-order valence-electron chi connectivity index (χ1n) is 6.89. The Labute approximate surface area is 124 Å². The van der Waals surface area contributed by atoms with Gasteiger partial charge in [0.2, 0.25) is 0 Å². The monoisotopic (exact) mass is 300 g/mol. The molecule has 1 fully saturated rings. The smallest absolute Gasteiger partial charge is 0.408 e. The van der Waals surface area contributed by atoms with Crippen molar-refractivity contribution in [2.75, 3.05) is 0 Å². The van der Waals surface area contributed by atoms with E-state index in [0.29, 0.717) is 0 Å². The molecule has 1 aliphatic carbocycles. The summed E-state index contributed by atoms with van der Waals surface area (Å²) >= 11 is 0. The van der Waals surface area contributed by atoms with E-state index in [-0.39, 0.29) is 12.2 Å². The van der Waals surface area contributed by atoms with Crippen molar-refractivity contribution in [2.24, 2.45) is 0 Å². The van der Waals surface area contributed by atoms with E-state index in [1.807, 2.05) is 0 Å². The highest BCUT2D eigenvalue weighted by Crippen LogP contribution is 2.18. The summed E-state index contributed by atoms with van der Waals surface area (Å²) in [6.07, 6.45) is -1.13. The molecule has 0 aromatic carbocycles. The van der Waals surface area contributed by atoms with Crippen LogP contribution < -0.4 is 10.6 Å². The molecule has 1 aliphatic rings. The Morgan fingerprint density at radius 2 is 1.38 bits per heavy atom. The number of hydrogen-bond donors (Lipinski definition) is 2. The summed E-state index contributed by atoms with van der Waals surface area (Å²) in [6, 6.07) is -1.24. The maximum Gasteiger partial charge on any atom is 0.408 e. The summed E-state index contributed by atoms with van der Waals surface area (Å²) in [6.45, 7) is 10.4. The topological polar surface area (TPSA) is 93.7 Å². The second kappa shape index (κ2) is 5.91. The molecule has 1 rings (SSSR count). The minimum Gasteiger partial charge on any atom is -0.444 e. The third kappa shape index (κ3) is 6.01. The maximum absolute atomic E-state index is 11.6. The van der Waals surface area contributed by atoms with E-state index in [4.69, 9.17) is 9.47 Å². The molecule has 2 N–H and O–H groups in total.